The van der Waals surface area contributed by atoms with Crippen LogP contribution in [-0.2, 0) is 32.6 Å². The molecule has 4 aromatic rings. The first-order chi connectivity index (χ1) is 22.1. The fourth-order valence-electron chi connectivity index (χ4n) is 5.68. The van der Waals surface area contributed by atoms with Crippen LogP contribution >= 0.6 is 27.5 Å². The van der Waals surface area contributed by atoms with Gasteiger partial charge in [-0.25, -0.2) is 8.42 Å². The number of carbonyl (C=O) groups excluding carboxylic acids is 2. The molecule has 4 aromatic carbocycles. The number of sulfonamides is 1. The van der Waals surface area contributed by atoms with Crippen LogP contribution in [0.4, 0.5) is 5.69 Å². The van der Waals surface area contributed by atoms with Crippen molar-refractivity contribution in [2.24, 2.45) is 0 Å². The third-order valence-corrected chi connectivity index (χ3v) is 10.8. The molecule has 10 heteroatoms. The van der Waals surface area contributed by atoms with E-state index in [1.54, 1.807) is 36.4 Å². The molecule has 1 aliphatic carbocycles. The lowest BCUT2D eigenvalue weighted by Crippen LogP contribution is -2.54. The van der Waals surface area contributed by atoms with Gasteiger partial charge in [-0.1, -0.05) is 101 Å². The Hall–Kier alpha value is -3.66. The van der Waals surface area contributed by atoms with Gasteiger partial charge < -0.3 is 10.2 Å². The molecular formula is C36H37BrClN3O4S. The zero-order valence-corrected chi connectivity index (χ0v) is 28.8. The predicted octanol–water partition coefficient (Wildman–Crippen LogP) is 7.31. The number of nitrogens with zero attached hydrogens (tertiary/aromatic N) is 2. The van der Waals surface area contributed by atoms with Crippen molar-refractivity contribution in [3.05, 3.63) is 129 Å². The van der Waals surface area contributed by atoms with E-state index < -0.39 is 28.5 Å². The van der Waals surface area contributed by atoms with Crippen molar-refractivity contribution in [3.63, 3.8) is 0 Å². The molecule has 0 saturated heterocycles. The summed E-state index contributed by atoms with van der Waals surface area (Å²) in [6.07, 6.45) is 4.14. The van der Waals surface area contributed by atoms with E-state index >= 15 is 0 Å². The van der Waals surface area contributed by atoms with Gasteiger partial charge in [0.1, 0.15) is 12.6 Å². The van der Waals surface area contributed by atoms with Crippen molar-refractivity contribution in [2.45, 2.75) is 62.6 Å². The summed E-state index contributed by atoms with van der Waals surface area (Å²) in [5.74, 6) is -0.753. The highest BCUT2D eigenvalue weighted by molar-refractivity contribution is 9.10. The molecule has 0 aliphatic heterocycles. The molecule has 7 nitrogen and oxygen atoms in total. The van der Waals surface area contributed by atoms with Gasteiger partial charge >= 0.3 is 0 Å². The largest absolute Gasteiger partial charge is 0.352 e. The van der Waals surface area contributed by atoms with E-state index in [0.29, 0.717) is 5.02 Å². The number of halogens is 2. The predicted molar refractivity (Wildman–Crippen MR) is 186 cm³/mol. The summed E-state index contributed by atoms with van der Waals surface area (Å²) >= 11 is 9.63. The fourth-order valence-corrected chi connectivity index (χ4v) is 7.49. The van der Waals surface area contributed by atoms with E-state index in [4.69, 9.17) is 11.6 Å². The van der Waals surface area contributed by atoms with E-state index in [0.717, 1.165) is 51.2 Å². The number of hydrogen-bond acceptors (Lipinski definition) is 4. The van der Waals surface area contributed by atoms with Crippen LogP contribution in [-0.4, -0.2) is 43.8 Å². The molecule has 1 N–H and O–H groups in total. The Morgan fingerprint density at radius 3 is 2.13 bits per heavy atom. The van der Waals surface area contributed by atoms with Crippen LogP contribution in [0.2, 0.25) is 5.02 Å². The van der Waals surface area contributed by atoms with Gasteiger partial charge in [0, 0.05) is 28.5 Å². The van der Waals surface area contributed by atoms with Gasteiger partial charge in [-0.2, -0.15) is 0 Å². The summed E-state index contributed by atoms with van der Waals surface area (Å²) in [6.45, 7) is 1.47. The number of nitrogens with one attached hydrogen (secondary N) is 1. The molecule has 1 aliphatic rings. The number of amides is 2. The Morgan fingerprint density at radius 1 is 0.870 bits per heavy atom. The summed E-state index contributed by atoms with van der Waals surface area (Å²) < 4.78 is 30.3. The Kier molecular flexibility index (Phi) is 11.2. The summed E-state index contributed by atoms with van der Waals surface area (Å²) in [4.78, 5) is 30.2. The summed E-state index contributed by atoms with van der Waals surface area (Å²) in [6, 6.07) is 29.1. The minimum absolute atomic E-state index is 0.0443. The molecule has 0 aromatic heterocycles. The summed E-state index contributed by atoms with van der Waals surface area (Å²) in [7, 11) is -4.18. The first-order valence-electron chi connectivity index (χ1n) is 15.3. The minimum Gasteiger partial charge on any atom is -0.352 e. The molecule has 1 unspecified atom stereocenters. The molecule has 1 fully saturated rings. The van der Waals surface area contributed by atoms with E-state index in [9.17, 15) is 18.0 Å². The SMILES string of the molecule is Cc1ccc(S(=O)(=O)N(CC(=O)N(Cc2ccc(Br)cc2)C(Cc2ccccc2)C(=O)NC2CCCC2)c2ccc(Cl)cc2)cc1. The van der Waals surface area contributed by atoms with Crippen molar-refractivity contribution in [1.29, 1.82) is 0 Å². The van der Waals surface area contributed by atoms with E-state index in [1.807, 2.05) is 61.5 Å². The number of hydrogen-bond donors (Lipinski definition) is 1. The monoisotopic (exact) mass is 721 g/mol. The highest BCUT2D eigenvalue weighted by Gasteiger charge is 2.35. The Morgan fingerprint density at radius 2 is 1.50 bits per heavy atom. The highest BCUT2D eigenvalue weighted by atomic mass is 79.9. The second kappa shape index (κ2) is 15.3. The average molecular weight is 723 g/mol. The average Bonchev–Trinajstić information content (AvgIpc) is 3.56. The van der Waals surface area contributed by atoms with Gasteiger partial charge in [0.05, 0.1) is 10.6 Å². The number of anilines is 1. The first-order valence-corrected chi connectivity index (χ1v) is 17.9. The molecule has 46 heavy (non-hydrogen) atoms. The maximum Gasteiger partial charge on any atom is 0.264 e. The molecule has 0 bridgehead atoms. The van der Waals surface area contributed by atoms with Crippen LogP contribution < -0.4 is 9.62 Å². The third-order valence-electron chi connectivity index (χ3n) is 8.24. The van der Waals surface area contributed by atoms with Crippen LogP contribution in [0.25, 0.3) is 0 Å². The third kappa shape index (κ3) is 8.57. The van der Waals surface area contributed by atoms with E-state index in [-0.39, 0.29) is 35.5 Å². The number of carbonyl (C=O) groups is 2. The molecule has 1 atom stereocenters. The molecular weight excluding hydrogens is 686 g/mol. The molecule has 5 rings (SSSR count). The lowest BCUT2D eigenvalue weighted by Gasteiger charge is -2.34. The van der Waals surface area contributed by atoms with Crippen LogP contribution in [0.1, 0.15) is 42.4 Å². The second-order valence-electron chi connectivity index (χ2n) is 11.6. The smallest absolute Gasteiger partial charge is 0.264 e. The van der Waals surface area contributed by atoms with Crippen LogP contribution in [0.15, 0.2) is 112 Å². The standard InChI is InChI=1S/C36H37BrClN3O4S/c1-26-11-21-33(22-12-26)46(44,45)41(32-19-17-30(38)18-20-32)25-35(42)40(24-28-13-15-29(37)16-14-28)34(23-27-7-3-2-4-8-27)36(43)39-31-9-5-6-10-31/h2-4,7-8,11-22,31,34H,5-6,9-10,23-25H2,1H3,(H,39,43). The zero-order valence-electron chi connectivity index (χ0n) is 25.6. The summed E-state index contributed by atoms with van der Waals surface area (Å²) in [5.41, 5.74) is 2.90. The molecule has 0 spiro atoms. The van der Waals surface area contributed by atoms with Gasteiger partial charge in [0.15, 0.2) is 0 Å². The Balaban J connectivity index is 1.55. The van der Waals surface area contributed by atoms with Crippen molar-refractivity contribution in [3.8, 4) is 0 Å². The van der Waals surface area contributed by atoms with E-state index in [1.165, 1.54) is 17.0 Å². The maximum absolute atomic E-state index is 14.6. The van der Waals surface area contributed by atoms with Gasteiger partial charge in [0.25, 0.3) is 10.0 Å². The molecule has 0 radical (unpaired) electrons. The van der Waals surface area contributed by atoms with Crippen molar-refractivity contribution >= 4 is 55.1 Å². The first kappa shape index (κ1) is 33.7. The lowest BCUT2D eigenvalue weighted by molar-refractivity contribution is -0.140. The number of benzene rings is 4. The Bertz CT molecular complexity index is 1730. The number of aryl methyl sites for hydroxylation is 1. The maximum atomic E-state index is 14.6. The molecule has 240 valence electrons. The molecule has 1 saturated carbocycles. The highest BCUT2D eigenvalue weighted by Crippen LogP contribution is 2.27. The van der Waals surface area contributed by atoms with Gasteiger partial charge in [0.2, 0.25) is 11.8 Å². The molecule has 2 amide bonds. The topological polar surface area (TPSA) is 86.8 Å². The van der Waals surface area contributed by atoms with E-state index in [2.05, 4.69) is 21.2 Å². The lowest BCUT2D eigenvalue weighted by atomic mass is 10.0. The summed E-state index contributed by atoms with van der Waals surface area (Å²) in [5, 5.41) is 3.63. The number of rotatable bonds is 12. The molecule has 0 heterocycles. The van der Waals surface area contributed by atoms with Crippen molar-refractivity contribution in [1.82, 2.24) is 10.2 Å². The van der Waals surface area contributed by atoms with Crippen molar-refractivity contribution in [2.75, 3.05) is 10.8 Å². The van der Waals surface area contributed by atoms with Crippen LogP contribution in [0, 0.1) is 6.92 Å². The fraction of sp³-hybridized carbons (Fsp3) is 0.278. The van der Waals surface area contributed by atoms with Gasteiger partial charge in [-0.3, -0.25) is 13.9 Å². The van der Waals surface area contributed by atoms with Crippen LogP contribution in [0.3, 0.4) is 0 Å². The second-order valence-corrected chi connectivity index (χ2v) is 14.9. The quantitative estimate of drug-likeness (QED) is 0.166. The van der Waals surface area contributed by atoms with Crippen LogP contribution in [0.5, 0.6) is 0 Å². The minimum atomic E-state index is -4.18. The normalized spacial score (nSPS) is 14.1. The van der Waals surface area contributed by atoms with Gasteiger partial charge in [-0.05, 0) is 79.4 Å². The van der Waals surface area contributed by atoms with Gasteiger partial charge in [-0.15, -0.1) is 0 Å². The Labute approximate surface area is 284 Å². The van der Waals surface area contributed by atoms with Crippen molar-refractivity contribution < 1.29 is 18.0 Å². The zero-order chi connectivity index (χ0) is 32.7.